The Kier molecular flexibility index (Phi) is 5.76. The largest absolute Gasteiger partial charge is 0.465 e. The zero-order valence-electron chi connectivity index (χ0n) is 16.7. The molecule has 0 amide bonds. The fourth-order valence-corrected chi connectivity index (χ4v) is 4.03. The second-order valence-corrected chi connectivity index (χ2v) is 8.14. The lowest BCUT2D eigenvalue weighted by molar-refractivity contribution is -0.144. The van der Waals surface area contributed by atoms with Gasteiger partial charge in [-0.2, -0.15) is 0 Å². The Bertz CT molecular complexity index is 786. The normalized spacial score (nSPS) is 19.9. The van der Waals surface area contributed by atoms with Crippen LogP contribution in [0.2, 0.25) is 5.02 Å². The Labute approximate surface area is 165 Å². The van der Waals surface area contributed by atoms with E-state index in [0.29, 0.717) is 22.8 Å². The van der Waals surface area contributed by atoms with Gasteiger partial charge in [0, 0.05) is 24.0 Å². The molecule has 0 aromatic heterocycles. The van der Waals surface area contributed by atoms with Crippen LogP contribution in [0.25, 0.3) is 0 Å². The standard InChI is InChI=1S/C21H26ClNO4/c1-13-17(16(18(24)26-6)19(25)27-7)23(5)12-21(13,20(2,3)4)14-8-10-15(22)11-9-14/h8-11H,1,12H2,2-7H3/t21-/m0/s1. The van der Waals surface area contributed by atoms with E-state index in [1.165, 1.54) is 14.2 Å². The summed E-state index contributed by atoms with van der Waals surface area (Å²) in [5, 5.41) is 0.639. The molecule has 1 aromatic carbocycles. The van der Waals surface area contributed by atoms with Gasteiger partial charge in [-0.1, -0.05) is 51.1 Å². The average Bonchev–Trinajstić information content (AvgIpc) is 2.87. The monoisotopic (exact) mass is 391 g/mol. The number of carbonyl (C=O) groups excluding carboxylic acids is 2. The van der Waals surface area contributed by atoms with Crippen LogP contribution in [0.3, 0.4) is 0 Å². The number of likely N-dealkylation sites (N-methyl/N-ethyl adjacent to an activating group) is 1. The van der Waals surface area contributed by atoms with Crippen LogP contribution in [0.1, 0.15) is 26.3 Å². The van der Waals surface area contributed by atoms with E-state index in [0.717, 1.165) is 5.56 Å². The van der Waals surface area contributed by atoms with Crippen LogP contribution in [0.15, 0.2) is 47.7 Å². The Hall–Kier alpha value is -2.27. The summed E-state index contributed by atoms with van der Waals surface area (Å²) in [7, 11) is 4.30. The third-order valence-electron chi connectivity index (χ3n) is 5.29. The number of carbonyl (C=O) groups is 2. The van der Waals surface area contributed by atoms with Crippen LogP contribution in [0.5, 0.6) is 0 Å². The highest BCUT2D eigenvalue weighted by Crippen LogP contribution is 2.54. The maximum Gasteiger partial charge on any atom is 0.347 e. The Balaban J connectivity index is 2.79. The topological polar surface area (TPSA) is 55.8 Å². The van der Waals surface area contributed by atoms with Crippen molar-refractivity contribution in [2.24, 2.45) is 5.41 Å². The molecule has 0 aliphatic carbocycles. The summed E-state index contributed by atoms with van der Waals surface area (Å²) in [4.78, 5) is 26.6. The minimum Gasteiger partial charge on any atom is -0.465 e. The lowest BCUT2D eigenvalue weighted by Crippen LogP contribution is -2.43. The zero-order valence-corrected chi connectivity index (χ0v) is 17.4. The molecule has 1 aliphatic rings. The number of benzene rings is 1. The SMILES string of the molecule is C=C1C(=C(C(=O)OC)C(=O)OC)N(C)C[C@]1(c1ccc(Cl)cc1)C(C)(C)C. The second kappa shape index (κ2) is 7.39. The van der Waals surface area contributed by atoms with Crippen LogP contribution in [-0.4, -0.2) is 44.7 Å². The van der Waals surface area contributed by atoms with Crippen molar-refractivity contribution in [3.8, 4) is 0 Å². The van der Waals surface area contributed by atoms with E-state index in [-0.39, 0.29) is 11.0 Å². The van der Waals surface area contributed by atoms with Crippen LogP contribution in [0, 0.1) is 5.41 Å². The number of rotatable bonds is 3. The number of esters is 2. The van der Waals surface area contributed by atoms with Crippen molar-refractivity contribution in [3.05, 3.63) is 58.3 Å². The summed E-state index contributed by atoms with van der Waals surface area (Å²) in [5.74, 6) is -1.49. The first-order chi connectivity index (χ1) is 12.5. The number of hydrogen-bond acceptors (Lipinski definition) is 5. The van der Waals surface area contributed by atoms with Crippen molar-refractivity contribution in [1.82, 2.24) is 4.90 Å². The van der Waals surface area contributed by atoms with E-state index >= 15 is 0 Å². The van der Waals surface area contributed by atoms with E-state index in [1.54, 1.807) is 0 Å². The van der Waals surface area contributed by atoms with Gasteiger partial charge in [-0.05, 0) is 28.7 Å². The van der Waals surface area contributed by atoms with Crippen LogP contribution < -0.4 is 0 Å². The number of halogens is 1. The molecule has 1 atom stereocenters. The Morgan fingerprint density at radius 3 is 2.00 bits per heavy atom. The van der Waals surface area contributed by atoms with Crippen LogP contribution in [0.4, 0.5) is 0 Å². The summed E-state index contributed by atoms with van der Waals surface area (Å²) in [6.45, 7) is 11.2. The van der Waals surface area contributed by atoms with Crippen molar-refractivity contribution in [2.75, 3.05) is 27.8 Å². The van der Waals surface area contributed by atoms with Crippen LogP contribution >= 0.6 is 11.6 Å². The Morgan fingerprint density at radius 2 is 1.59 bits per heavy atom. The van der Waals surface area contributed by atoms with Crippen molar-refractivity contribution in [1.29, 1.82) is 0 Å². The molecular formula is C21H26ClNO4. The fraction of sp³-hybridized carbons (Fsp3) is 0.429. The van der Waals surface area contributed by atoms with Gasteiger partial charge in [0.1, 0.15) is 0 Å². The molecule has 0 bridgehead atoms. The molecule has 0 unspecified atom stereocenters. The van der Waals surface area contributed by atoms with Gasteiger partial charge in [0.2, 0.25) is 0 Å². The Morgan fingerprint density at radius 1 is 1.11 bits per heavy atom. The second-order valence-electron chi connectivity index (χ2n) is 7.70. The molecule has 5 nitrogen and oxygen atoms in total. The number of hydrogen-bond donors (Lipinski definition) is 0. The first kappa shape index (κ1) is 21.0. The van der Waals surface area contributed by atoms with E-state index < -0.39 is 17.4 Å². The number of nitrogens with zero attached hydrogens (tertiary/aromatic N) is 1. The van der Waals surface area contributed by atoms with Gasteiger partial charge in [-0.3, -0.25) is 0 Å². The molecule has 1 aromatic rings. The van der Waals surface area contributed by atoms with Crippen molar-refractivity contribution >= 4 is 23.5 Å². The fourth-order valence-electron chi connectivity index (χ4n) is 3.91. The number of allylic oxidation sites excluding steroid dienone is 1. The maximum atomic E-state index is 12.4. The third kappa shape index (κ3) is 3.36. The summed E-state index contributed by atoms with van der Waals surface area (Å²) in [6, 6.07) is 7.60. The number of ether oxygens (including phenoxy) is 2. The summed E-state index contributed by atoms with van der Waals surface area (Å²) < 4.78 is 9.67. The minimum atomic E-state index is -0.745. The summed E-state index contributed by atoms with van der Waals surface area (Å²) >= 11 is 6.08. The predicted octanol–water partition coefficient (Wildman–Crippen LogP) is 3.73. The first-order valence-electron chi connectivity index (χ1n) is 8.59. The highest BCUT2D eigenvalue weighted by atomic mass is 35.5. The van der Waals surface area contributed by atoms with Gasteiger partial charge >= 0.3 is 11.9 Å². The minimum absolute atomic E-state index is 0.146. The van der Waals surface area contributed by atoms with Gasteiger partial charge in [-0.25, -0.2) is 9.59 Å². The molecule has 1 heterocycles. The van der Waals surface area contributed by atoms with E-state index in [2.05, 4.69) is 27.4 Å². The highest BCUT2D eigenvalue weighted by Gasteiger charge is 2.53. The molecule has 6 heteroatoms. The molecule has 0 spiro atoms. The quantitative estimate of drug-likeness (QED) is 0.340. The van der Waals surface area contributed by atoms with Crippen molar-refractivity contribution < 1.29 is 19.1 Å². The maximum absolute atomic E-state index is 12.4. The van der Waals surface area contributed by atoms with Crippen molar-refractivity contribution in [3.63, 3.8) is 0 Å². The molecule has 0 radical (unpaired) electrons. The predicted molar refractivity (Wildman–Crippen MR) is 105 cm³/mol. The summed E-state index contributed by atoms with van der Waals surface area (Å²) in [6.07, 6.45) is 0. The number of likely N-dealkylation sites (tertiary alicyclic amines) is 1. The van der Waals surface area contributed by atoms with Gasteiger partial charge in [0.25, 0.3) is 0 Å². The lowest BCUT2D eigenvalue weighted by Gasteiger charge is -2.43. The molecule has 27 heavy (non-hydrogen) atoms. The van der Waals surface area contributed by atoms with E-state index in [9.17, 15) is 9.59 Å². The molecule has 2 rings (SSSR count). The molecular weight excluding hydrogens is 366 g/mol. The van der Waals surface area contributed by atoms with Gasteiger partial charge in [0.15, 0.2) is 5.57 Å². The first-order valence-corrected chi connectivity index (χ1v) is 8.97. The van der Waals surface area contributed by atoms with Gasteiger partial charge in [-0.15, -0.1) is 0 Å². The van der Waals surface area contributed by atoms with Crippen LogP contribution in [-0.2, 0) is 24.5 Å². The molecule has 146 valence electrons. The highest BCUT2D eigenvalue weighted by molar-refractivity contribution is 6.30. The zero-order chi connectivity index (χ0) is 20.6. The smallest absolute Gasteiger partial charge is 0.347 e. The average molecular weight is 392 g/mol. The van der Waals surface area contributed by atoms with Gasteiger partial charge < -0.3 is 14.4 Å². The van der Waals surface area contributed by atoms with E-state index in [4.69, 9.17) is 21.1 Å². The number of methoxy groups -OCH3 is 2. The molecule has 1 fully saturated rings. The molecule has 0 N–H and O–H groups in total. The van der Waals surface area contributed by atoms with Gasteiger partial charge in [0.05, 0.1) is 19.9 Å². The molecule has 1 saturated heterocycles. The summed E-state index contributed by atoms with van der Waals surface area (Å²) in [5.41, 5.74) is 1.19. The lowest BCUT2D eigenvalue weighted by atomic mass is 9.60. The molecule has 1 aliphatic heterocycles. The molecule has 0 saturated carbocycles. The van der Waals surface area contributed by atoms with Crippen molar-refractivity contribution in [2.45, 2.75) is 26.2 Å². The third-order valence-corrected chi connectivity index (χ3v) is 5.54. The van der Waals surface area contributed by atoms with E-state index in [1.807, 2.05) is 36.2 Å².